The number of anilines is 1. The van der Waals surface area contributed by atoms with E-state index in [1.807, 2.05) is 19.0 Å². The Kier molecular flexibility index (Phi) is 3.72. The third-order valence-electron chi connectivity index (χ3n) is 3.15. The summed E-state index contributed by atoms with van der Waals surface area (Å²) in [6.45, 7) is 6.66. The van der Waals surface area contributed by atoms with Crippen molar-refractivity contribution in [2.24, 2.45) is 0 Å². The van der Waals surface area contributed by atoms with E-state index in [2.05, 4.69) is 71.2 Å². The SMILES string of the molecule is CN(C)c1n[nH]c(-c2ccc(C(C)(C)C)cc2)c1Br. The molecule has 0 aliphatic rings. The number of hydrogen-bond donors (Lipinski definition) is 1. The van der Waals surface area contributed by atoms with Crippen molar-refractivity contribution < 1.29 is 0 Å². The summed E-state index contributed by atoms with van der Waals surface area (Å²) in [5.74, 6) is 0.912. The van der Waals surface area contributed by atoms with Gasteiger partial charge in [-0.2, -0.15) is 5.10 Å². The molecule has 0 unspecified atom stereocenters. The maximum atomic E-state index is 4.32. The van der Waals surface area contributed by atoms with Gasteiger partial charge in [0.05, 0.1) is 10.2 Å². The van der Waals surface area contributed by atoms with Gasteiger partial charge in [0.15, 0.2) is 5.82 Å². The molecule has 1 aromatic heterocycles. The molecular weight excluding hydrogens is 302 g/mol. The normalized spacial score (nSPS) is 11.7. The van der Waals surface area contributed by atoms with Crippen LogP contribution in [0.3, 0.4) is 0 Å². The van der Waals surface area contributed by atoms with E-state index in [0.29, 0.717) is 0 Å². The maximum Gasteiger partial charge on any atom is 0.164 e. The molecule has 0 amide bonds. The van der Waals surface area contributed by atoms with Crippen molar-refractivity contribution in [3.8, 4) is 11.3 Å². The zero-order chi connectivity index (χ0) is 14.2. The van der Waals surface area contributed by atoms with Gasteiger partial charge in [0.25, 0.3) is 0 Å². The lowest BCUT2D eigenvalue weighted by Crippen LogP contribution is -2.10. The quantitative estimate of drug-likeness (QED) is 0.898. The van der Waals surface area contributed by atoms with E-state index in [9.17, 15) is 0 Å². The first-order valence-electron chi connectivity index (χ1n) is 6.33. The van der Waals surface area contributed by atoms with E-state index >= 15 is 0 Å². The summed E-state index contributed by atoms with van der Waals surface area (Å²) < 4.78 is 1.00. The summed E-state index contributed by atoms with van der Waals surface area (Å²) >= 11 is 3.61. The van der Waals surface area contributed by atoms with Gasteiger partial charge in [-0.3, -0.25) is 5.10 Å². The monoisotopic (exact) mass is 321 g/mol. The molecule has 1 heterocycles. The zero-order valence-corrected chi connectivity index (χ0v) is 13.7. The molecule has 3 nitrogen and oxygen atoms in total. The van der Waals surface area contributed by atoms with Gasteiger partial charge < -0.3 is 4.90 Å². The molecule has 0 fully saturated rings. The minimum absolute atomic E-state index is 0.179. The third kappa shape index (κ3) is 2.84. The molecule has 19 heavy (non-hydrogen) atoms. The largest absolute Gasteiger partial charge is 0.360 e. The van der Waals surface area contributed by atoms with Gasteiger partial charge in [-0.15, -0.1) is 0 Å². The van der Waals surface area contributed by atoms with Crippen LogP contribution in [0.25, 0.3) is 11.3 Å². The minimum atomic E-state index is 0.179. The molecular formula is C15H20BrN3. The lowest BCUT2D eigenvalue weighted by atomic mass is 9.86. The number of hydrogen-bond acceptors (Lipinski definition) is 2. The first-order valence-corrected chi connectivity index (χ1v) is 7.12. The van der Waals surface area contributed by atoms with Crippen molar-refractivity contribution in [3.05, 3.63) is 34.3 Å². The smallest absolute Gasteiger partial charge is 0.164 e. The van der Waals surface area contributed by atoms with Crippen LogP contribution in [0.2, 0.25) is 0 Å². The molecule has 0 atom stereocenters. The first-order chi connectivity index (χ1) is 8.80. The van der Waals surface area contributed by atoms with E-state index in [4.69, 9.17) is 0 Å². The molecule has 0 aliphatic heterocycles. The number of benzene rings is 1. The number of aromatic nitrogens is 2. The number of nitrogens with one attached hydrogen (secondary N) is 1. The zero-order valence-electron chi connectivity index (χ0n) is 12.1. The van der Waals surface area contributed by atoms with Crippen molar-refractivity contribution in [3.63, 3.8) is 0 Å². The summed E-state index contributed by atoms with van der Waals surface area (Å²) in [6.07, 6.45) is 0. The summed E-state index contributed by atoms with van der Waals surface area (Å²) in [5, 5.41) is 7.41. The Morgan fingerprint density at radius 1 is 1.11 bits per heavy atom. The Morgan fingerprint density at radius 3 is 2.11 bits per heavy atom. The van der Waals surface area contributed by atoms with Crippen molar-refractivity contribution in [1.29, 1.82) is 0 Å². The molecule has 0 bridgehead atoms. The molecule has 2 rings (SSSR count). The van der Waals surface area contributed by atoms with Crippen LogP contribution >= 0.6 is 15.9 Å². The second kappa shape index (κ2) is 5.00. The molecule has 0 saturated carbocycles. The first kappa shape index (κ1) is 14.1. The Bertz CT molecular complexity index is 562. The second-order valence-electron chi connectivity index (χ2n) is 5.96. The van der Waals surface area contributed by atoms with E-state index in [0.717, 1.165) is 21.5 Å². The molecule has 2 aromatic rings. The molecule has 0 aliphatic carbocycles. The molecule has 102 valence electrons. The van der Waals surface area contributed by atoms with Crippen molar-refractivity contribution in [2.75, 3.05) is 19.0 Å². The highest BCUT2D eigenvalue weighted by atomic mass is 79.9. The van der Waals surface area contributed by atoms with Crippen LogP contribution in [-0.2, 0) is 5.41 Å². The van der Waals surface area contributed by atoms with Crippen LogP contribution in [-0.4, -0.2) is 24.3 Å². The van der Waals surface area contributed by atoms with Gasteiger partial charge in [-0.25, -0.2) is 0 Å². The fourth-order valence-corrected chi connectivity index (χ4v) is 2.70. The van der Waals surface area contributed by atoms with E-state index in [1.54, 1.807) is 0 Å². The lowest BCUT2D eigenvalue weighted by molar-refractivity contribution is 0.590. The highest BCUT2D eigenvalue weighted by molar-refractivity contribution is 9.10. The lowest BCUT2D eigenvalue weighted by Gasteiger charge is -2.19. The van der Waals surface area contributed by atoms with Crippen LogP contribution in [0.4, 0.5) is 5.82 Å². The molecule has 0 spiro atoms. The fraction of sp³-hybridized carbons (Fsp3) is 0.400. The molecule has 1 N–H and O–H groups in total. The second-order valence-corrected chi connectivity index (χ2v) is 6.75. The average Bonchev–Trinajstić information content (AvgIpc) is 2.70. The van der Waals surface area contributed by atoms with Gasteiger partial charge in [0.1, 0.15) is 0 Å². The minimum Gasteiger partial charge on any atom is -0.360 e. The molecule has 4 heteroatoms. The van der Waals surface area contributed by atoms with E-state index in [1.165, 1.54) is 5.56 Å². The Morgan fingerprint density at radius 2 is 1.68 bits per heavy atom. The standard InChI is InChI=1S/C15H20BrN3/c1-15(2,3)11-8-6-10(7-9-11)13-12(16)14(18-17-13)19(4)5/h6-9H,1-5H3,(H,17,18). The van der Waals surface area contributed by atoms with Gasteiger partial charge in [0, 0.05) is 19.7 Å². The van der Waals surface area contributed by atoms with Crippen molar-refractivity contribution >= 4 is 21.7 Å². The van der Waals surface area contributed by atoms with Crippen molar-refractivity contribution in [1.82, 2.24) is 10.2 Å². The van der Waals surface area contributed by atoms with E-state index in [-0.39, 0.29) is 5.41 Å². The van der Waals surface area contributed by atoms with Crippen LogP contribution in [0.5, 0.6) is 0 Å². The van der Waals surface area contributed by atoms with Crippen LogP contribution in [0.15, 0.2) is 28.7 Å². The Labute approximate surface area is 123 Å². The van der Waals surface area contributed by atoms with Crippen LogP contribution < -0.4 is 4.90 Å². The Balaban J connectivity index is 2.38. The van der Waals surface area contributed by atoms with Gasteiger partial charge in [-0.1, -0.05) is 45.0 Å². The number of nitrogens with zero attached hydrogens (tertiary/aromatic N) is 2. The summed E-state index contributed by atoms with van der Waals surface area (Å²) in [4.78, 5) is 1.98. The number of aromatic amines is 1. The van der Waals surface area contributed by atoms with Gasteiger partial charge in [0.2, 0.25) is 0 Å². The highest BCUT2D eigenvalue weighted by Gasteiger charge is 2.16. The summed E-state index contributed by atoms with van der Waals surface area (Å²) in [6, 6.07) is 8.63. The number of rotatable bonds is 2. The predicted molar refractivity (Wildman–Crippen MR) is 84.8 cm³/mol. The molecule has 1 aromatic carbocycles. The number of halogens is 1. The topological polar surface area (TPSA) is 31.9 Å². The van der Waals surface area contributed by atoms with Crippen molar-refractivity contribution in [2.45, 2.75) is 26.2 Å². The summed E-state index contributed by atoms with van der Waals surface area (Å²) in [7, 11) is 3.96. The Hall–Kier alpha value is -1.29. The van der Waals surface area contributed by atoms with Gasteiger partial charge >= 0.3 is 0 Å². The summed E-state index contributed by atoms with van der Waals surface area (Å²) in [5.41, 5.74) is 3.67. The maximum absolute atomic E-state index is 4.32. The highest BCUT2D eigenvalue weighted by Crippen LogP contribution is 2.34. The van der Waals surface area contributed by atoms with Crippen LogP contribution in [0.1, 0.15) is 26.3 Å². The number of H-pyrrole nitrogens is 1. The fourth-order valence-electron chi connectivity index (χ4n) is 1.94. The van der Waals surface area contributed by atoms with Gasteiger partial charge in [-0.05, 0) is 26.9 Å². The van der Waals surface area contributed by atoms with Crippen LogP contribution in [0, 0.1) is 0 Å². The molecule has 0 saturated heterocycles. The van der Waals surface area contributed by atoms with E-state index < -0.39 is 0 Å². The predicted octanol–water partition coefficient (Wildman–Crippen LogP) is 4.20. The molecule has 0 radical (unpaired) electrons. The third-order valence-corrected chi connectivity index (χ3v) is 3.90. The average molecular weight is 322 g/mol.